The molecule has 0 unspecified atom stereocenters. The normalized spacial score (nSPS) is 17.6. The highest BCUT2D eigenvalue weighted by molar-refractivity contribution is 6.38. The van der Waals surface area contributed by atoms with Gasteiger partial charge in [-0.15, -0.1) is 0 Å². The van der Waals surface area contributed by atoms with E-state index in [1.165, 1.54) is 4.90 Å². The van der Waals surface area contributed by atoms with E-state index in [9.17, 15) is 14.4 Å². The van der Waals surface area contributed by atoms with E-state index in [1.54, 1.807) is 4.90 Å². The Morgan fingerprint density at radius 1 is 0.970 bits per heavy atom. The number of piperazine rings is 1. The van der Waals surface area contributed by atoms with E-state index in [-0.39, 0.29) is 12.6 Å². The van der Waals surface area contributed by atoms with Crippen molar-refractivity contribution in [2.75, 3.05) is 59.0 Å². The predicted molar refractivity (Wildman–Crippen MR) is 126 cm³/mol. The molecule has 2 aromatic carbocycles. The minimum atomic E-state index is -0.732. The summed E-state index contributed by atoms with van der Waals surface area (Å²) in [7, 11) is 0. The minimum absolute atomic E-state index is 0.229. The first-order valence-corrected chi connectivity index (χ1v) is 11.7. The van der Waals surface area contributed by atoms with Crippen molar-refractivity contribution in [1.82, 2.24) is 19.6 Å². The Morgan fingerprint density at radius 2 is 1.73 bits per heavy atom. The monoisotopic (exact) mass is 452 g/mol. The van der Waals surface area contributed by atoms with Crippen LogP contribution in [0, 0.1) is 0 Å². The van der Waals surface area contributed by atoms with Crippen molar-refractivity contribution in [3.63, 3.8) is 0 Å². The number of morpholine rings is 1. The van der Waals surface area contributed by atoms with E-state index in [4.69, 9.17) is 4.74 Å². The maximum atomic E-state index is 13.5. The van der Waals surface area contributed by atoms with Crippen molar-refractivity contribution in [3.8, 4) is 0 Å². The number of hydrogen-bond acceptors (Lipinski definition) is 5. The number of rotatable bonds is 7. The van der Waals surface area contributed by atoms with E-state index in [0.717, 1.165) is 60.5 Å². The van der Waals surface area contributed by atoms with Crippen LogP contribution in [0.1, 0.15) is 18.9 Å². The second kappa shape index (κ2) is 10.8. The molecule has 4 amide bonds. The molecule has 0 N–H and O–H groups in total. The third-order valence-corrected chi connectivity index (χ3v) is 6.44. The first-order valence-electron chi connectivity index (χ1n) is 11.7. The van der Waals surface area contributed by atoms with Crippen LogP contribution < -0.4 is 0 Å². The summed E-state index contributed by atoms with van der Waals surface area (Å²) in [4.78, 5) is 45.2. The van der Waals surface area contributed by atoms with E-state index in [0.29, 0.717) is 26.2 Å². The standard InChI is InChI=1S/C25H32N4O4/c1-2-27-13-14-29(24(31)23(27)30)25(32)28(12-6-11-26-15-17-33-18-16-26)19-21-9-5-8-20-7-3-4-10-22(20)21/h3-5,7-10H,2,6,11-19H2,1H3. The van der Waals surface area contributed by atoms with Crippen LogP contribution in [-0.2, 0) is 20.9 Å². The summed E-state index contributed by atoms with van der Waals surface area (Å²) < 4.78 is 5.42. The first kappa shape index (κ1) is 23.2. The first-order chi connectivity index (χ1) is 16.1. The molecule has 2 saturated heterocycles. The van der Waals surface area contributed by atoms with Crippen LogP contribution in [-0.4, -0.2) is 96.5 Å². The minimum Gasteiger partial charge on any atom is -0.379 e. The van der Waals surface area contributed by atoms with Gasteiger partial charge in [0.25, 0.3) is 0 Å². The number of likely N-dealkylation sites (N-methyl/N-ethyl adjacent to an activating group) is 1. The number of hydrogen-bond donors (Lipinski definition) is 0. The third kappa shape index (κ3) is 5.34. The number of ether oxygens (including phenoxy) is 1. The molecule has 2 fully saturated rings. The molecule has 2 aliphatic rings. The van der Waals surface area contributed by atoms with Crippen LogP contribution in [0.15, 0.2) is 42.5 Å². The van der Waals surface area contributed by atoms with Crippen LogP contribution in [0.5, 0.6) is 0 Å². The van der Waals surface area contributed by atoms with E-state index in [2.05, 4.69) is 23.1 Å². The lowest BCUT2D eigenvalue weighted by Gasteiger charge is -2.35. The zero-order valence-corrected chi connectivity index (χ0v) is 19.2. The van der Waals surface area contributed by atoms with Gasteiger partial charge in [-0.25, -0.2) is 4.79 Å². The number of urea groups is 1. The van der Waals surface area contributed by atoms with Crippen LogP contribution >= 0.6 is 0 Å². The largest absolute Gasteiger partial charge is 0.379 e. The number of amides is 4. The summed E-state index contributed by atoms with van der Waals surface area (Å²) in [5.74, 6) is -1.33. The number of carbonyl (C=O) groups excluding carboxylic acids is 3. The van der Waals surface area contributed by atoms with Gasteiger partial charge in [0.2, 0.25) is 0 Å². The molecule has 8 heteroatoms. The van der Waals surface area contributed by atoms with Gasteiger partial charge in [-0.1, -0.05) is 42.5 Å². The Morgan fingerprint density at radius 3 is 2.52 bits per heavy atom. The predicted octanol–water partition coefficient (Wildman–Crippen LogP) is 2.17. The molecule has 8 nitrogen and oxygen atoms in total. The topological polar surface area (TPSA) is 73.4 Å². The number of imide groups is 1. The Labute approximate surface area is 194 Å². The summed E-state index contributed by atoms with van der Waals surface area (Å²) in [6.07, 6.45) is 0.785. The molecule has 2 heterocycles. The highest BCUT2D eigenvalue weighted by Gasteiger charge is 2.37. The fraction of sp³-hybridized carbons (Fsp3) is 0.480. The Hall–Kier alpha value is -2.97. The average molecular weight is 453 g/mol. The Bertz CT molecular complexity index is 1000. The maximum Gasteiger partial charge on any atom is 0.327 e. The van der Waals surface area contributed by atoms with Crippen LogP contribution in [0.2, 0.25) is 0 Å². The molecule has 0 spiro atoms. The van der Waals surface area contributed by atoms with Crippen LogP contribution in [0.25, 0.3) is 10.8 Å². The van der Waals surface area contributed by atoms with Crippen molar-refractivity contribution < 1.29 is 19.1 Å². The second-order valence-corrected chi connectivity index (χ2v) is 8.49. The SMILES string of the molecule is CCN1CCN(C(=O)N(CCCN2CCOCC2)Cc2cccc3ccccc23)C(=O)C1=O. The van der Waals surface area contributed by atoms with Crippen molar-refractivity contribution in [2.24, 2.45) is 0 Å². The van der Waals surface area contributed by atoms with Crippen molar-refractivity contribution >= 4 is 28.6 Å². The molecule has 0 saturated carbocycles. The van der Waals surface area contributed by atoms with Gasteiger partial charge in [0.05, 0.1) is 13.2 Å². The Kier molecular flexibility index (Phi) is 7.57. The highest BCUT2D eigenvalue weighted by atomic mass is 16.5. The van der Waals surface area contributed by atoms with E-state index < -0.39 is 11.8 Å². The molecule has 2 aromatic rings. The quantitative estimate of drug-likeness (QED) is 0.602. The van der Waals surface area contributed by atoms with Gasteiger partial charge in [-0.2, -0.15) is 0 Å². The van der Waals surface area contributed by atoms with Crippen molar-refractivity contribution in [3.05, 3.63) is 48.0 Å². The summed E-state index contributed by atoms with van der Waals surface area (Å²) in [5, 5.41) is 2.20. The highest BCUT2D eigenvalue weighted by Crippen LogP contribution is 2.21. The van der Waals surface area contributed by atoms with Crippen LogP contribution in [0.4, 0.5) is 4.79 Å². The number of carbonyl (C=O) groups is 3. The number of nitrogens with zero attached hydrogens (tertiary/aromatic N) is 4. The second-order valence-electron chi connectivity index (χ2n) is 8.49. The zero-order chi connectivity index (χ0) is 23.2. The van der Waals surface area contributed by atoms with Gasteiger partial charge in [-0.3, -0.25) is 19.4 Å². The molecule has 0 radical (unpaired) electrons. The smallest absolute Gasteiger partial charge is 0.327 e. The van der Waals surface area contributed by atoms with Gasteiger partial charge in [0, 0.05) is 52.4 Å². The molecule has 0 aliphatic carbocycles. The van der Waals surface area contributed by atoms with Crippen LogP contribution in [0.3, 0.4) is 0 Å². The third-order valence-electron chi connectivity index (χ3n) is 6.44. The lowest BCUT2D eigenvalue weighted by Crippen LogP contribution is -2.58. The van der Waals surface area contributed by atoms with E-state index in [1.807, 2.05) is 31.2 Å². The summed E-state index contributed by atoms with van der Waals surface area (Å²) in [6, 6.07) is 13.8. The molecule has 33 heavy (non-hydrogen) atoms. The summed E-state index contributed by atoms with van der Waals surface area (Å²) in [5.41, 5.74) is 1.03. The molecule has 2 aliphatic heterocycles. The van der Waals surface area contributed by atoms with Gasteiger partial charge in [-0.05, 0) is 29.7 Å². The van der Waals surface area contributed by atoms with Gasteiger partial charge in [0.15, 0.2) is 0 Å². The molecule has 0 aromatic heterocycles. The number of benzene rings is 2. The van der Waals surface area contributed by atoms with E-state index >= 15 is 0 Å². The molecular weight excluding hydrogens is 420 g/mol. The molecule has 176 valence electrons. The fourth-order valence-electron chi connectivity index (χ4n) is 4.52. The maximum absolute atomic E-state index is 13.5. The molecule has 0 bridgehead atoms. The average Bonchev–Trinajstić information content (AvgIpc) is 2.85. The van der Waals surface area contributed by atoms with Gasteiger partial charge >= 0.3 is 17.8 Å². The van der Waals surface area contributed by atoms with Crippen molar-refractivity contribution in [2.45, 2.75) is 19.9 Å². The summed E-state index contributed by atoms with van der Waals surface area (Å²) >= 11 is 0. The van der Waals surface area contributed by atoms with Crippen molar-refractivity contribution in [1.29, 1.82) is 0 Å². The van der Waals surface area contributed by atoms with Gasteiger partial charge < -0.3 is 14.5 Å². The zero-order valence-electron chi connectivity index (χ0n) is 19.2. The Balaban J connectivity index is 1.52. The van der Waals surface area contributed by atoms with Gasteiger partial charge in [0.1, 0.15) is 0 Å². The summed E-state index contributed by atoms with van der Waals surface area (Å²) in [6.45, 7) is 7.91. The lowest BCUT2D eigenvalue weighted by molar-refractivity contribution is -0.153. The molecular formula is C25H32N4O4. The molecule has 4 rings (SSSR count). The molecule has 0 atom stereocenters. The fourth-order valence-corrected chi connectivity index (χ4v) is 4.52. The lowest BCUT2D eigenvalue weighted by atomic mass is 10.0. The number of fused-ring (bicyclic) bond motifs is 1.